The molecule has 0 bridgehead atoms. The van der Waals surface area contributed by atoms with Crippen molar-refractivity contribution < 1.29 is 4.79 Å². The minimum Gasteiger partial charge on any atom is -0.354 e. The largest absolute Gasteiger partial charge is 0.354 e. The minimum atomic E-state index is -0.106. The van der Waals surface area contributed by atoms with Crippen LogP contribution in [0.25, 0.3) is 0 Å². The van der Waals surface area contributed by atoms with Crippen LogP contribution in [0.2, 0.25) is 0 Å². The van der Waals surface area contributed by atoms with Gasteiger partial charge in [-0.05, 0) is 0 Å². The van der Waals surface area contributed by atoms with Gasteiger partial charge in [0.1, 0.15) is 0 Å². The second-order valence-corrected chi connectivity index (χ2v) is 2.82. The summed E-state index contributed by atoms with van der Waals surface area (Å²) in [5.41, 5.74) is -0.106. The van der Waals surface area contributed by atoms with Gasteiger partial charge in [0.05, 0.1) is 6.33 Å². The van der Waals surface area contributed by atoms with Gasteiger partial charge in [0.25, 0.3) is 5.56 Å². The number of carbonyl (C=O) groups is 1. The highest BCUT2D eigenvalue weighted by Crippen LogP contribution is 1.78. The van der Waals surface area contributed by atoms with Gasteiger partial charge in [0.15, 0.2) is 0 Å². The Morgan fingerprint density at radius 3 is 3.07 bits per heavy atom. The van der Waals surface area contributed by atoms with Gasteiger partial charge < -0.3 is 5.32 Å². The van der Waals surface area contributed by atoms with Crippen molar-refractivity contribution >= 4 is 5.91 Å². The highest BCUT2D eigenvalue weighted by atomic mass is 16.1. The van der Waals surface area contributed by atoms with Crippen LogP contribution in [-0.4, -0.2) is 22.0 Å². The molecule has 1 rings (SSSR count). The van der Waals surface area contributed by atoms with E-state index in [9.17, 15) is 9.59 Å². The third-order valence-electron chi connectivity index (χ3n) is 1.79. The van der Waals surface area contributed by atoms with E-state index in [4.69, 9.17) is 0 Å². The number of hydrogen-bond acceptors (Lipinski definition) is 3. The predicted octanol–water partition coefficient (Wildman–Crippen LogP) is -0.231. The van der Waals surface area contributed by atoms with E-state index in [-0.39, 0.29) is 11.5 Å². The molecule has 1 aromatic heterocycles. The van der Waals surface area contributed by atoms with Crippen LogP contribution in [0.4, 0.5) is 0 Å². The van der Waals surface area contributed by atoms with Crippen LogP contribution in [-0.2, 0) is 11.3 Å². The highest BCUT2D eigenvalue weighted by molar-refractivity contribution is 5.75. The molecular weight excluding hydrogens is 182 g/mol. The number of nitrogens with one attached hydrogen (secondary N) is 1. The Morgan fingerprint density at radius 1 is 1.64 bits per heavy atom. The maximum Gasteiger partial charge on any atom is 0.253 e. The second-order valence-electron chi connectivity index (χ2n) is 2.82. The second kappa shape index (κ2) is 5.16. The minimum absolute atomic E-state index is 0.0121. The molecule has 0 aliphatic carbocycles. The third kappa shape index (κ3) is 3.01. The van der Waals surface area contributed by atoms with Crippen LogP contribution in [0.15, 0.2) is 23.4 Å². The first kappa shape index (κ1) is 10.4. The predicted molar refractivity (Wildman–Crippen MR) is 51.8 cm³/mol. The Morgan fingerprint density at radius 2 is 2.43 bits per heavy atom. The van der Waals surface area contributed by atoms with Crippen molar-refractivity contribution in [1.82, 2.24) is 14.9 Å². The molecule has 76 valence electrons. The number of rotatable bonds is 4. The molecule has 5 nitrogen and oxygen atoms in total. The fourth-order valence-electron chi connectivity index (χ4n) is 0.987. The van der Waals surface area contributed by atoms with E-state index in [1.807, 2.05) is 0 Å². The van der Waals surface area contributed by atoms with Crippen molar-refractivity contribution in [3.05, 3.63) is 28.9 Å². The molecule has 0 aliphatic rings. The molecule has 1 heterocycles. The summed E-state index contributed by atoms with van der Waals surface area (Å²) in [7, 11) is 0. The Labute approximate surface area is 81.8 Å². The van der Waals surface area contributed by atoms with E-state index in [0.717, 1.165) is 0 Å². The molecule has 1 aromatic rings. The SMILES string of the molecule is CCC(=O)NCCn1cnccc1=O. The zero-order chi connectivity index (χ0) is 10.4. The molecule has 0 unspecified atom stereocenters. The molecule has 0 radical (unpaired) electrons. The van der Waals surface area contributed by atoms with Crippen molar-refractivity contribution in [3.8, 4) is 0 Å². The van der Waals surface area contributed by atoms with Crippen LogP contribution < -0.4 is 10.9 Å². The van der Waals surface area contributed by atoms with Crippen molar-refractivity contribution in [2.24, 2.45) is 0 Å². The monoisotopic (exact) mass is 195 g/mol. The highest BCUT2D eigenvalue weighted by Gasteiger charge is 1.97. The molecule has 0 fully saturated rings. The normalized spacial score (nSPS) is 9.79. The standard InChI is InChI=1S/C9H13N3O2/c1-2-8(13)11-5-6-12-7-10-4-3-9(12)14/h3-4,7H,2,5-6H2,1H3,(H,11,13). The topological polar surface area (TPSA) is 64.0 Å². The first-order valence-electron chi connectivity index (χ1n) is 4.51. The summed E-state index contributed by atoms with van der Waals surface area (Å²) < 4.78 is 1.45. The van der Waals surface area contributed by atoms with Gasteiger partial charge in [-0.3, -0.25) is 14.2 Å². The smallest absolute Gasteiger partial charge is 0.253 e. The van der Waals surface area contributed by atoms with Gasteiger partial charge in [-0.15, -0.1) is 0 Å². The molecular formula is C9H13N3O2. The fourth-order valence-corrected chi connectivity index (χ4v) is 0.987. The molecule has 1 N–H and O–H groups in total. The van der Waals surface area contributed by atoms with Gasteiger partial charge in [-0.25, -0.2) is 4.98 Å². The summed E-state index contributed by atoms with van der Waals surface area (Å²) in [6, 6.07) is 1.39. The average Bonchev–Trinajstić information content (AvgIpc) is 2.20. The van der Waals surface area contributed by atoms with E-state index in [1.54, 1.807) is 6.92 Å². The van der Waals surface area contributed by atoms with Gasteiger partial charge in [-0.1, -0.05) is 6.92 Å². The van der Waals surface area contributed by atoms with Crippen molar-refractivity contribution in [1.29, 1.82) is 0 Å². The molecule has 0 atom stereocenters. The Balaban J connectivity index is 2.43. The lowest BCUT2D eigenvalue weighted by Gasteiger charge is -2.05. The summed E-state index contributed by atoms with van der Waals surface area (Å²) in [5.74, 6) is -0.0121. The van der Waals surface area contributed by atoms with Crippen molar-refractivity contribution in [3.63, 3.8) is 0 Å². The molecule has 0 saturated carbocycles. The summed E-state index contributed by atoms with van der Waals surface area (Å²) >= 11 is 0. The van der Waals surface area contributed by atoms with E-state index < -0.39 is 0 Å². The summed E-state index contributed by atoms with van der Waals surface area (Å²) in [6.45, 7) is 2.70. The van der Waals surface area contributed by atoms with E-state index >= 15 is 0 Å². The van der Waals surface area contributed by atoms with Crippen LogP contribution >= 0.6 is 0 Å². The molecule has 14 heavy (non-hydrogen) atoms. The molecule has 5 heteroatoms. The molecule has 0 aromatic carbocycles. The van der Waals surface area contributed by atoms with Gasteiger partial charge in [0, 0.05) is 31.8 Å². The van der Waals surface area contributed by atoms with Crippen LogP contribution in [0.1, 0.15) is 13.3 Å². The van der Waals surface area contributed by atoms with Gasteiger partial charge in [-0.2, -0.15) is 0 Å². The van der Waals surface area contributed by atoms with Crippen molar-refractivity contribution in [2.75, 3.05) is 6.54 Å². The first-order chi connectivity index (χ1) is 6.74. The summed E-state index contributed by atoms with van der Waals surface area (Å²) in [5, 5.41) is 2.68. The molecule has 1 amide bonds. The zero-order valence-corrected chi connectivity index (χ0v) is 8.06. The van der Waals surface area contributed by atoms with Crippen LogP contribution in [0.5, 0.6) is 0 Å². The van der Waals surface area contributed by atoms with Gasteiger partial charge >= 0.3 is 0 Å². The maximum atomic E-state index is 11.2. The first-order valence-corrected chi connectivity index (χ1v) is 4.51. The number of aromatic nitrogens is 2. The molecule has 0 saturated heterocycles. The van der Waals surface area contributed by atoms with Crippen molar-refractivity contribution in [2.45, 2.75) is 19.9 Å². The van der Waals surface area contributed by atoms with E-state index in [0.29, 0.717) is 19.5 Å². The lowest BCUT2D eigenvalue weighted by molar-refractivity contribution is -0.120. The number of carbonyl (C=O) groups excluding carboxylic acids is 1. The zero-order valence-electron chi connectivity index (χ0n) is 8.06. The maximum absolute atomic E-state index is 11.2. The quantitative estimate of drug-likeness (QED) is 0.721. The fraction of sp³-hybridized carbons (Fsp3) is 0.444. The Hall–Kier alpha value is -1.65. The average molecular weight is 195 g/mol. The molecule has 0 aliphatic heterocycles. The van der Waals surface area contributed by atoms with E-state index in [2.05, 4.69) is 10.3 Å². The molecule has 0 spiro atoms. The van der Waals surface area contributed by atoms with Crippen LogP contribution in [0, 0.1) is 0 Å². The number of amides is 1. The number of hydrogen-bond donors (Lipinski definition) is 1. The third-order valence-corrected chi connectivity index (χ3v) is 1.79. The summed E-state index contributed by atoms with van der Waals surface area (Å²) in [4.78, 5) is 25.9. The number of nitrogens with zero attached hydrogens (tertiary/aromatic N) is 2. The Bertz CT molecular complexity index is 359. The van der Waals surface area contributed by atoms with E-state index in [1.165, 1.54) is 23.2 Å². The van der Waals surface area contributed by atoms with Crippen LogP contribution in [0.3, 0.4) is 0 Å². The summed E-state index contributed by atoms with van der Waals surface area (Å²) in [6.07, 6.45) is 3.37. The Kier molecular flexibility index (Phi) is 3.84. The lowest BCUT2D eigenvalue weighted by atomic mass is 10.4. The lowest BCUT2D eigenvalue weighted by Crippen LogP contribution is -2.30. The van der Waals surface area contributed by atoms with Gasteiger partial charge in [0.2, 0.25) is 5.91 Å².